The Bertz CT molecular complexity index is 1620. The Labute approximate surface area is 237 Å². The molecule has 0 aliphatic carbocycles. The molecule has 3 heterocycles. The highest BCUT2D eigenvalue weighted by Gasteiger charge is 2.29. The molecule has 0 aliphatic rings. The van der Waals surface area contributed by atoms with Crippen LogP contribution in [0.5, 0.6) is 5.75 Å². The molecule has 12 nitrogen and oxygen atoms in total. The summed E-state index contributed by atoms with van der Waals surface area (Å²) in [7, 11) is -3.62. The van der Waals surface area contributed by atoms with Crippen LogP contribution in [0.3, 0.4) is 0 Å². The molecule has 3 aromatic heterocycles. The molecule has 14 heteroatoms. The number of anilines is 3. The lowest BCUT2D eigenvalue weighted by Crippen LogP contribution is -2.25. The molecule has 0 spiro atoms. The van der Waals surface area contributed by atoms with Gasteiger partial charge in [-0.05, 0) is 52.0 Å². The third kappa shape index (κ3) is 6.66. The zero-order valence-corrected chi connectivity index (χ0v) is 23.9. The predicted octanol–water partition coefficient (Wildman–Crippen LogP) is 4.33. The minimum absolute atomic E-state index is 0.0278. The van der Waals surface area contributed by atoms with E-state index in [-0.39, 0.29) is 35.1 Å². The topological polar surface area (TPSA) is 167 Å². The lowest BCUT2D eigenvalue weighted by molar-refractivity contribution is 0.100. The number of carbonyl (C=O) groups excluding carboxylic acids is 1. The van der Waals surface area contributed by atoms with Crippen molar-refractivity contribution in [2.24, 2.45) is 5.73 Å². The molecule has 4 rings (SSSR count). The van der Waals surface area contributed by atoms with Crippen molar-refractivity contribution in [2.75, 3.05) is 15.8 Å². The van der Waals surface area contributed by atoms with Gasteiger partial charge in [0.1, 0.15) is 35.2 Å². The number of ether oxygens (including phenoxy) is 1. The number of halogens is 1. The Hall–Kier alpha value is -4.23. The van der Waals surface area contributed by atoms with Crippen molar-refractivity contribution in [3.63, 3.8) is 0 Å². The predicted molar refractivity (Wildman–Crippen MR) is 153 cm³/mol. The van der Waals surface area contributed by atoms with Crippen LogP contribution in [0.2, 0.25) is 5.02 Å². The number of sulfonamides is 1. The quantitative estimate of drug-likeness (QED) is 0.246. The molecule has 4 aromatic rings. The summed E-state index contributed by atoms with van der Waals surface area (Å²) < 4.78 is 34.9. The summed E-state index contributed by atoms with van der Waals surface area (Å²) in [4.78, 5) is 25.3. The van der Waals surface area contributed by atoms with E-state index in [2.05, 4.69) is 25.0 Å². The van der Waals surface area contributed by atoms with E-state index in [1.165, 1.54) is 31.7 Å². The lowest BCUT2D eigenvalue weighted by Gasteiger charge is -2.22. The fraction of sp³-hybridized carbons (Fsp3) is 0.269. The van der Waals surface area contributed by atoms with Crippen LogP contribution in [0.15, 0.2) is 55.1 Å². The number of benzene rings is 1. The standard InChI is InChI=1S/C26H29ClN8O4S/c1-5-40(37,38)34-19-9-6-16(12-20(19)39-15-18-8-7-17(27)13-31-18)23-22(24(28)36)25(35(33-23)26(2,3)4)32-21-14-29-10-11-30-21/h6-14,34H,5,15H2,1-4H3,(H2,28,36)(H,30,32). The van der Waals surface area contributed by atoms with Crippen molar-refractivity contribution in [2.45, 2.75) is 39.8 Å². The van der Waals surface area contributed by atoms with E-state index in [0.29, 0.717) is 27.9 Å². The van der Waals surface area contributed by atoms with Gasteiger partial charge in [-0.1, -0.05) is 17.7 Å². The molecule has 1 amide bonds. The Kier molecular flexibility index (Phi) is 8.26. The summed E-state index contributed by atoms with van der Waals surface area (Å²) in [6, 6.07) is 8.15. The molecule has 0 fully saturated rings. The van der Waals surface area contributed by atoms with Gasteiger partial charge >= 0.3 is 0 Å². The lowest BCUT2D eigenvalue weighted by atomic mass is 10.1. The minimum Gasteiger partial charge on any atom is -0.485 e. The van der Waals surface area contributed by atoms with Gasteiger partial charge in [0, 0.05) is 24.2 Å². The normalized spacial score (nSPS) is 11.7. The van der Waals surface area contributed by atoms with E-state index in [1.54, 1.807) is 35.0 Å². The highest BCUT2D eigenvalue weighted by molar-refractivity contribution is 7.92. The number of nitrogens with one attached hydrogen (secondary N) is 2. The van der Waals surface area contributed by atoms with Gasteiger partial charge in [0.15, 0.2) is 0 Å². The molecule has 0 bridgehead atoms. The fourth-order valence-electron chi connectivity index (χ4n) is 3.70. The van der Waals surface area contributed by atoms with Gasteiger partial charge in [-0.2, -0.15) is 5.10 Å². The van der Waals surface area contributed by atoms with Gasteiger partial charge in [-0.25, -0.2) is 18.1 Å². The van der Waals surface area contributed by atoms with Crippen LogP contribution in [-0.2, 0) is 22.2 Å². The third-order valence-corrected chi connectivity index (χ3v) is 7.16. The second kappa shape index (κ2) is 11.5. The average molecular weight is 585 g/mol. The Morgan fingerprint density at radius 3 is 2.50 bits per heavy atom. The van der Waals surface area contributed by atoms with Gasteiger partial charge in [-0.15, -0.1) is 0 Å². The number of aromatic nitrogens is 5. The SMILES string of the molecule is CCS(=O)(=O)Nc1ccc(-c2nn(C(C)(C)C)c(Nc3cnccn3)c2C(N)=O)cc1OCc1ccc(Cl)cn1. The molecule has 0 saturated heterocycles. The first kappa shape index (κ1) is 28.8. The van der Waals surface area contributed by atoms with Gasteiger partial charge in [0.2, 0.25) is 10.0 Å². The summed E-state index contributed by atoms with van der Waals surface area (Å²) in [5, 5.41) is 8.34. The molecular formula is C26H29ClN8O4S. The van der Waals surface area contributed by atoms with Crippen LogP contribution < -0.4 is 20.5 Å². The van der Waals surface area contributed by atoms with E-state index >= 15 is 0 Å². The molecule has 1 aromatic carbocycles. The zero-order valence-electron chi connectivity index (χ0n) is 22.3. The number of hydrogen-bond acceptors (Lipinski definition) is 9. The van der Waals surface area contributed by atoms with Crippen LogP contribution in [0, 0.1) is 0 Å². The van der Waals surface area contributed by atoms with E-state index < -0.39 is 21.5 Å². The second-order valence-electron chi connectivity index (χ2n) is 9.71. The average Bonchev–Trinajstić information content (AvgIpc) is 3.29. The molecule has 40 heavy (non-hydrogen) atoms. The Morgan fingerprint density at radius 1 is 1.12 bits per heavy atom. The monoisotopic (exact) mass is 584 g/mol. The number of nitrogens with zero attached hydrogens (tertiary/aromatic N) is 5. The Balaban J connectivity index is 1.84. The number of nitrogens with two attached hydrogens (primary N) is 1. The maximum atomic E-state index is 12.8. The van der Waals surface area contributed by atoms with Crippen molar-refractivity contribution in [3.8, 4) is 17.0 Å². The van der Waals surface area contributed by atoms with Crippen LogP contribution in [-0.4, -0.2) is 44.8 Å². The number of rotatable bonds is 10. The number of hydrogen-bond donors (Lipinski definition) is 3. The molecular weight excluding hydrogens is 556 g/mol. The van der Waals surface area contributed by atoms with E-state index in [4.69, 9.17) is 27.2 Å². The van der Waals surface area contributed by atoms with Crippen LogP contribution >= 0.6 is 11.6 Å². The number of amides is 1. The van der Waals surface area contributed by atoms with Gasteiger partial charge in [0.05, 0.1) is 33.9 Å². The molecule has 0 saturated carbocycles. The highest BCUT2D eigenvalue weighted by atomic mass is 35.5. The smallest absolute Gasteiger partial charge is 0.254 e. The van der Waals surface area contributed by atoms with Gasteiger partial charge in [-0.3, -0.25) is 19.5 Å². The summed E-state index contributed by atoms with van der Waals surface area (Å²) in [6.07, 6.45) is 6.04. The van der Waals surface area contributed by atoms with Gasteiger partial charge < -0.3 is 15.8 Å². The zero-order chi connectivity index (χ0) is 29.1. The summed E-state index contributed by atoms with van der Waals surface area (Å²) in [5.74, 6) is 0.0763. The molecule has 0 unspecified atom stereocenters. The highest BCUT2D eigenvalue weighted by Crippen LogP contribution is 2.37. The maximum Gasteiger partial charge on any atom is 0.254 e. The van der Waals surface area contributed by atoms with Crippen LogP contribution in [0.25, 0.3) is 11.3 Å². The summed E-state index contributed by atoms with van der Waals surface area (Å²) in [5.41, 5.74) is 6.95. The van der Waals surface area contributed by atoms with Crippen LogP contribution in [0.4, 0.5) is 17.3 Å². The van der Waals surface area contributed by atoms with E-state index in [9.17, 15) is 13.2 Å². The van der Waals surface area contributed by atoms with Crippen molar-refractivity contribution >= 4 is 44.9 Å². The molecule has 210 valence electrons. The number of carbonyl (C=O) groups is 1. The third-order valence-electron chi connectivity index (χ3n) is 5.64. The fourth-order valence-corrected chi connectivity index (χ4v) is 4.46. The summed E-state index contributed by atoms with van der Waals surface area (Å²) in [6.45, 7) is 7.32. The minimum atomic E-state index is -3.62. The first-order valence-electron chi connectivity index (χ1n) is 12.2. The van der Waals surface area contributed by atoms with E-state index in [1.807, 2.05) is 20.8 Å². The van der Waals surface area contributed by atoms with Crippen LogP contribution in [0.1, 0.15) is 43.7 Å². The Morgan fingerprint density at radius 2 is 1.90 bits per heavy atom. The van der Waals surface area contributed by atoms with Crippen molar-refractivity contribution < 1.29 is 17.9 Å². The number of primary amides is 1. The maximum absolute atomic E-state index is 12.8. The van der Waals surface area contributed by atoms with Crippen molar-refractivity contribution in [3.05, 3.63) is 71.4 Å². The largest absolute Gasteiger partial charge is 0.485 e. The summed E-state index contributed by atoms with van der Waals surface area (Å²) >= 11 is 5.93. The molecule has 0 atom stereocenters. The first-order valence-corrected chi connectivity index (χ1v) is 14.3. The molecule has 4 N–H and O–H groups in total. The van der Waals surface area contributed by atoms with Gasteiger partial charge in [0.25, 0.3) is 5.91 Å². The first-order chi connectivity index (χ1) is 18.9. The number of pyridine rings is 1. The van der Waals surface area contributed by atoms with Crippen molar-refractivity contribution in [1.82, 2.24) is 24.7 Å². The molecule has 0 aliphatic heterocycles. The second-order valence-corrected chi connectivity index (χ2v) is 12.2. The molecule has 0 radical (unpaired) electrons. The van der Waals surface area contributed by atoms with Crippen molar-refractivity contribution in [1.29, 1.82) is 0 Å². The van der Waals surface area contributed by atoms with E-state index in [0.717, 1.165) is 0 Å².